The fraction of sp³-hybridized carbons (Fsp3) is 0.556. The number of hydrogen-bond acceptors (Lipinski definition) is 2. The molecule has 0 atom stereocenters. The Morgan fingerprint density at radius 2 is 1.86 bits per heavy atom. The minimum Gasteiger partial charge on any atom is -0.481 e. The molecule has 2 rings (SSSR count). The van der Waals surface area contributed by atoms with Gasteiger partial charge in [0.05, 0.1) is 12.0 Å². The number of carboxylic acids is 1. The van der Waals surface area contributed by atoms with E-state index in [4.69, 9.17) is 5.11 Å². The van der Waals surface area contributed by atoms with Gasteiger partial charge in [0.25, 0.3) is 0 Å². The molecule has 0 aromatic heterocycles. The Morgan fingerprint density at radius 3 is 2.41 bits per heavy atom. The molecule has 1 saturated carbocycles. The van der Waals surface area contributed by atoms with Crippen LogP contribution in [0.2, 0.25) is 0 Å². The smallest absolute Gasteiger partial charge is 0.305 e. The Hall–Kier alpha value is -1.84. The zero-order chi connectivity index (χ0) is 16.0. The van der Waals surface area contributed by atoms with Gasteiger partial charge >= 0.3 is 5.97 Å². The second-order valence-electron chi connectivity index (χ2n) is 6.45. The molecule has 4 nitrogen and oxygen atoms in total. The molecule has 1 aromatic rings. The van der Waals surface area contributed by atoms with Gasteiger partial charge in [-0.05, 0) is 51.0 Å². The number of carboxylic acid groups (broad SMARTS) is 1. The molecule has 4 heteroatoms. The number of nitrogens with one attached hydrogen (secondary N) is 1. The van der Waals surface area contributed by atoms with Crippen molar-refractivity contribution in [2.24, 2.45) is 0 Å². The lowest BCUT2D eigenvalue weighted by atomic mass is 9.74. The number of hydrogen-bond donors (Lipinski definition) is 2. The van der Waals surface area contributed by atoms with E-state index < -0.39 is 11.5 Å². The fourth-order valence-corrected chi connectivity index (χ4v) is 2.97. The highest BCUT2D eigenvalue weighted by molar-refractivity contribution is 5.78. The molecule has 0 heterocycles. The zero-order valence-electron chi connectivity index (χ0n) is 13.2. The van der Waals surface area contributed by atoms with Crippen LogP contribution in [0.15, 0.2) is 24.3 Å². The van der Waals surface area contributed by atoms with Gasteiger partial charge in [-0.2, -0.15) is 0 Å². The van der Waals surface area contributed by atoms with Gasteiger partial charge in [-0.25, -0.2) is 0 Å². The van der Waals surface area contributed by atoms with Gasteiger partial charge in [-0.1, -0.05) is 29.8 Å². The van der Waals surface area contributed by atoms with E-state index >= 15 is 0 Å². The number of amides is 1. The molecular formula is C18H25NO3. The topological polar surface area (TPSA) is 66.4 Å². The molecule has 1 amide bonds. The van der Waals surface area contributed by atoms with Crippen LogP contribution in [0.3, 0.4) is 0 Å². The number of aryl methyl sites for hydroxylation is 2. The summed E-state index contributed by atoms with van der Waals surface area (Å²) in [5, 5.41) is 11.9. The van der Waals surface area contributed by atoms with Gasteiger partial charge in [0, 0.05) is 6.42 Å². The van der Waals surface area contributed by atoms with Crippen molar-refractivity contribution in [3.63, 3.8) is 0 Å². The first kappa shape index (κ1) is 16.5. The van der Waals surface area contributed by atoms with E-state index in [0.29, 0.717) is 6.42 Å². The summed E-state index contributed by atoms with van der Waals surface area (Å²) in [6.45, 7) is 2.07. The molecule has 0 unspecified atom stereocenters. The Labute approximate surface area is 131 Å². The van der Waals surface area contributed by atoms with Gasteiger partial charge in [0.1, 0.15) is 0 Å². The summed E-state index contributed by atoms with van der Waals surface area (Å²) in [6.07, 6.45) is 5.89. The van der Waals surface area contributed by atoms with Crippen molar-refractivity contribution in [2.75, 3.05) is 0 Å². The second kappa shape index (κ2) is 7.43. The van der Waals surface area contributed by atoms with Crippen LogP contribution in [0.4, 0.5) is 0 Å². The van der Waals surface area contributed by atoms with Crippen molar-refractivity contribution in [2.45, 2.75) is 63.8 Å². The number of rotatable bonds is 8. The standard InChI is InChI=1S/C18H25NO3/c1-14-7-9-15(10-8-14)5-2-3-6-16(20)19-18(11-4-12-18)13-17(21)22/h7-10H,2-6,11-13H2,1H3,(H,19,20)(H,21,22). The van der Waals surface area contributed by atoms with E-state index in [2.05, 4.69) is 36.5 Å². The van der Waals surface area contributed by atoms with Crippen molar-refractivity contribution >= 4 is 11.9 Å². The van der Waals surface area contributed by atoms with Gasteiger partial charge in [-0.15, -0.1) is 0 Å². The normalized spacial score (nSPS) is 15.9. The van der Waals surface area contributed by atoms with Gasteiger partial charge in [-0.3, -0.25) is 9.59 Å². The van der Waals surface area contributed by atoms with Crippen LogP contribution in [0.25, 0.3) is 0 Å². The average molecular weight is 303 g/mol. The molecule has 1 fully saturated rings. The molecule has 0 saturated heterocycles. The minimum atomic E-state index is -0.834. The van der Waals surface area contributed by atoms with E-state index in [9.17, 15) is 9.59 Å². The van der Waals surface area contributed by atoms with Crippen LogP contribution in [0.1, 0.15) is 56.1 Å². The molecule has 0 bridgehead atoms. The quantitative estimate of drug-likeness (QED) is 0.725. The van der Waals surface area contributed by atoms with Crippen molar-refractivity contribution in [1.29, 1.82) is 0 Å². The lowest BCUT2D eigenvalue weighted by molar-refractivity contribution is -0.140. The molecule has 0 spiro atoms. The van der Waals surface area contributed by atoms with E-state index in [0.717, 1.165) is 38.5 Å². The third-order valence-electron chi connectivity index (χ3n) is 4.44. The van der Waals surface area contributed by atoms with Crippen LogP contribution in [-0.2, 0) is 16.0 Å². The van der Waals surface area contributed by atoms with Gasteiger partial charge in [0.2, 0.25) is 5.91 Å². The molecule has 2 N–H and O–H groups in total. The Bertz CT molecular complexity index is 518. The Kier molecular flexibility index (Phi) is 5.58. The summed E-state index contributed by atoms with van der Waals surface area (Å²) in [6, 6.07) is 8.47. The van der Waals surface area contributed by atoms with E-state index in [1.165, 1.54) is 11.1 Å². The number of carbonyl (C=O) groups excluding carboxylic acids is 1. The monoisotopic (exact) mass is 303 g/mol. The number of unbranched alkanes of at least 4 members (excludes halogenated alkanes) is 1. The molecule has 1 aromatic carbocycles. The van der Waals surface area contributed by atoms with E-state index in [1.54, 1.807) is 0 Å². The lowest BCUT2D eigenvalue weighted by Gasteiger charge is -2.41. The largest absolute Gasteiger partial charge is 0.481 e. The zero-order valence-corrected chi connectivity index (χ0v) is 13.2. The molecule has 22 heavy (non-hydrogen) atoms. The van der Waals surface area contributed by atoms with Crippen molar-refractivity contribution < 1.29 is 14.7 Å². The summed E-state index contributed by atoms with van der Waals surface area (Å²) in [4.78, 5) is 22.9. The fourth-order valence-electron chi connectivity index (χ4n) is 2.97. The summed E-state index contributed by atoms with van der Waals surface area (Å²) in [5.41, 5.74) is 2.08. The summed E-state index contributed by atoms with van der Waals surface area (Å²) in [7, 11) is 0. The van der Waals surface area contributed by atoms with Gasteiger partial charge < -0.3 is 10.4 Å². The van der Waals surface area contributed by atoms with Crippen LogP contribution in [-0.4, -0.2) is 22.5 Å². The molecule has 1 aliphatic rings. The predicted molar refractivity (Wildman–Crippen MR) is 85.7 cm³/mol. The Balaban J connectivity index is 1.67. The molecule has 1 aliphatic carbocycles. The third kappa shape index (κ3) is 4.86. The van der Waals surface area contributed by atoms with Crippen molar-refractivity contribution in [3.8, 4) is 0 Å². The van der Waals surface area contributed by atoms with Crippen LogP contribution >= 0.6 is 0 Å². The molecular weight excluding hydrogens is 278 g/mol. The van der Waals surface area contributed by atoms with Crippen LogP contribution in [0.5, 0.6) is 0 Å². The maximum Gasteiger partial charge on any atom is 0.305 e. The highest BCUT2D eigenvalue weighted by atomic mass is 16.4. The van der Waals surface area contributed by atoms with Crippen molar-refractivity contribution in [3.05, 3.63) is 35.4 Å². The second-order valence-corrected chi connectivity index (χ2v) is 6.45. The highest BCUT2D eigenvalue weighted by Gasteiger charge is 2.40. The summed E-state index contributed by atoms with van der Waals surface area (Å²) < 4.78 is 0. The minimum absolute atomic E-state index is 0.00939. The maximum atomic E-state index is 12.0. The number of benzene rings is 1. The highest BCUT2D eigenvalue weighted by Crippen LogP contribution is 2.35. The first-order valence-corrected chi connectivity index (χ1v) is 8.07. The van der Waals surface area contributed by atoms with Crippen molar-refractivity contribution in [1.82, 2.24) is 5.32 Å². The maximum absolute atomic E-state index is 12.0. The Morgan fingerprint density at radius 1 is 1.18 bits per heavy atom. The molecule has 120 valence electrons. The lowest BCUT2D eigenvalue weighted by Crippen LogP contribution is -2.54. The van der Waals surface area contributed by atoms with Crippen LogP contribution < -0.4 is 5.32 Å². The average Bonchev–Trinajstić information content (AvgIpc) is 2.42. The molecule has 0 radical (unpaired) electrons. The molecule has 0 aliphatic heterocycles. The first-order chi connectivity index (χ1) is 10.5. The number of aliphatic carboxylic acids is 1. The third-order valence-corrected chi connectivity index (χ3v) is 4.44. The van der Waals surface area contributed by atoms with Crippen LogP contribution in [0, 0.1) is 6.92 Å². The first-order valence-electron chi connectivity index (χ1n) is 8.07. The predicted octanol–water partition coefficient (Wildman–Crippen LogP) is 3.22. The SMILES string of the molecule is Cc1ccc(CCCCC(=O)NC2(CC(=O)O)CCC2)cc1. The van der Waals surface area contributed by atoms with E-state index in [1.807, 2.05) is 0 Å². The van der Waals surface area contributed by atoms with Gasteiger partial charge in [0.15, 0.2) is 0 Å². The van der Waals surface area contributed by atoms with E-state index in [-0.39, 0.29) is 12.3 Å². The summed E-state index contributed by atoms with van der Waals surface area (Å²) >= 11 is 0. The number of carbonyl (C=O) groups is 2. The summed E-state index contributed by atoms with van der Waals surface area (Å²) in [5.74, 6) is -0.843.